The molecule has 0 fully saturated rings. The monoisotopic (exact) mass is 348 g/mol. The van der Waals surface area contributed by atoms with Crippen LogP contribution in [0, 0.1) is 0 Å². The summed E-state index contributed by atoms with van der Waals surface area (Å²) in [7, 11) is 0. The van der Waals surface area contributed by atoms with Crippen LogP contribution in [-0.4, -0.2) is 21.6 Å². The van der Waals surface area contributed by atoms with Crippen LogP contribution in [0.1, 0.15) is 6.92 Å². The number of aromatic nitrogens is 3. The van der Waals surface area contributed by atoms with Gasteiger partial charge < -0.3 is 19.3 Å². The van der Waals surface area contributed by atoms with Crippen molar-refractivity contribution in [1.82, 2.24) is 15.0 Å². The molecule has 7 nitrogen and oxygen atoms in total. The third-order valence-electron chi connectivity index (χ3n) is 3.75. The Morgan fingerprint density at radius 2 is 1.65 bits per heavy atom. The maximum atomic E-state index is 5.95. The highest BCUT2D eigenvalue weighted by Gasteiger charge is 2.22. The molecule has 0 bridgehead atoms. The maximum absolute atomic E-state index is 5.95. The number of furan rings is 2. The van der Waals surface area contributed by atoms with Crippen molar-refractivity contribution >= 4 is 5.95 Å². The molecular formula is C19H16N4O3. The number of nitrogens with two attached hydrogens (primary N) is 1. The zero-order valence-corrected chi connectivity index (χ0v) is 14.0. The van der Waals surface area contributed by atoms with E-state index in [1.54, 1.807) is 30.9 Å². The van der Waals surface area contributed by atoms with Crippen LogP contribution >= 0.6 is 0 Å². The fourth-order valence-corrected chi connectivity index (χ4v) is 2.73. The summed E-state index contributed by atoms with van der Waals surface area (Å²) in [5.74, 6) is 1.80. The van der Waals surface area contributed by atoms with E-state index in [4.69, 9.17) is 19.3 Å². The molecule has 0 amide bonds. The normalized spacial score (nSPS) is 10.8. The highest BCUT2D eigenvalue weighted by Crippen LogP contribution is 2.39. The van der Waals surface area contributed by atoms with E-state index in [2.05, 4.69) is 15.0 Å². The van der Waals surface area contributed by atoms with Crippen molar-refractivity contribution in [1.29, 1.82) is 0 Å². The molecule has 0 radical (unpaired) electrons. The van der Waals surface area contributed by atoms with Gasteiger partial charge >= 0.3 is 0 Å². The molecule has 0 spiro atoms. The minimum atomic E-state index is 0.130. The first kappa shape index (κ1) is 15.9. The van der Waals surface area contributed by atoms with Crippen LogP contribution in [0.2, 0.25) is 0 Å². The second-order valence-corrected chi connectivity index (χ2v) is 5.42. The van der Waals surface area contributed by atoms with Crippen molar-refractivity contribution in [3.05, 3.63) is 55.1 Å². The molecule has 0 aliphatic heterocycles. The molecule has 0 saturated heterocycles. The van der Waals surface area contributed by atoms with E-state index < -0.39 is 0 Å². The number of rotatable bonds is 5. The molecular weight excluding hydrogens is 332 g/mol. The first-order valence-corrected chi connectivity index (χ1v) is 8.10. The third-order valence-corrected chi connectivity index (χ3v) is 3.75. The fraction of sp³-hybridized carbons (Fsp3) is 0.105. The molecule has 0 aliphatic rings. The molecule has 26 heavy (non-hydrogen) atoms. The van der Waals surface area contributed by atoms with Crippen LogP contribution in [-0.2, 0) is 0 Å². The SMILES string of the molecule is CCOc1cc(-c2c(-c3ccco3)nc(N)nc2-c2ccco2)ccn1. The predicted octanol–water partition coefficient (Wildman–Crippen LogP) is 4.04. The molecule has 4 rings (SSSR count). The van der Waals surface area contributed by atoms with Crippen molar-refractivity contribution in [2.75, 3.05) is 12.3 Å². The summed E-state index contributed by atoms with van der Waals surface area (Å²) in [6.07, 6.45) is 4.85. The maximum Gasteiger partial charge on any atom is 0.221 e. The van der Waals surface area contributed by atoms with Gasteiger partial charge in [-0.05, 0) is 42.8 Å². The van der Waals surface area contributed by atoms with Gasteiger partial charge in [-0.2, -0.15) is 0 Å². The van der Waals surface area contributed by atoms with Gasteiger partial charge in [0.1, 0.15) is 11.4 Å². The van der Waals surface area contributed by atoms with E-state index in [0.717, 1.165) is 11.1 Å². The minimum Gasteiger partial charge on any atom is -0.478 e. The first-order valence-electron chi connectivity index (χ1n) is 8.10. The molecule has 4 heterocycles. The lowest BCUT2D eigenvalue weighted by molar-refractivity contribution is 0.327. The Kier molecular flexibility index (Phi) is 4.10. The van der Waals surface area contributed by atoms with E-state index >= 15 is 0 Å². The van der Waals surface area contributed by atoms with Crippen molar-refractivity contribution < 1.29 is 13.6 Å². The largest absolute Gasteiger partial charge is 0.478 e. The minimum absolute atomic E-state index is 0.130. The Hall–Kier alpha value is -3.61. The molecule has 0 unspecified atom stereocenters. The van der Waals surface area contributed by atoms with Crippen LogP contribution in [0.25, 0.3) is 34.0 Å². The fourth-order valence-electron chi connectivity index (χ4n) is 2.73. The summed E-state index contributed by atoms with van der Waals surface area (Å²) >= 11 is 0. The van der Waals surface area contributed by atoms with Gasteiger partial charge in [0.05, 0.1) is 19.1 Å². The van der Waals surface area contributed by atoms with Gasteiger partial charge in [0.15, 0.2) is 11.5 Å². The van der Waals surface area contributed by atoms with E-state index in [1.165, 1.54) is 0 Å². The van der Waals surface area contributed by atoms with Crippen molar-refractivity contribution in [3.63, 3.8) is 0 Å². The molecule has 2 N–H and O–H groups in total. The van der Waals surface area contributed by atoms with Gasteiger partial charge in [0.25, 0.3) is 0 Å². The first-order chi connectivity index (χ1) is 12.8. The number of anilines is 1. The smallest absolute Gasteiger partial charge is 0.221 e. The number of hydrogen-bond acceptors (Lipinski definition) is 7. The molecule has 4 aromatic rings. The molecule has 4 aromatic heterocycles. The van der Waals surface area contributed by atoms with E-state index in [1.807, 2.05) is 31.2 Å². The Morgan fingerprint density at radius 1 is 1.00 bits per heavy atom. The van der Waals surface area contributed by atoms with Crippen LogP contribution in [0.15, 0.2) is 64.0 Å². The molecule has 130 valence electrons. The zero-order valence-electron chi connectivity index (χ0n) is 14.0. The van der Waals surface area contributed by atoms with Crippen LogP contribution < -0.4 is 10.5 Å². The van der Waals surface area contributed by atoms with E-state index in [-0.39, 0.29) is 5.95 Å². The Labute approximate surface area is 149 Å². The van der Waals surface area contributed by atoms with Gasteiger partial charge in [-0.3, -0.25) is 0 Å². The summed E-state index contributed by atoms with van der Waals surface area (Å²) < 4.78 is 16.7. The molecule has 7 heteroatoms. The van der Waals surface area contributed by atoms with Gasteiger partial charge in [0, 0.05) is 17.8 Å². The summed E-state index contributed by atoms with van der Waals surface area (Å²) in [4.78, 5) is 13.0. The summed E-state index contributed by atoms with van der Waals surface area (Å²) in [5, 5.41) is 0. The van der Waals surface area contributed by atoms with Gasteiger partial charge in [0.2, 0.25) is 11.8 Å². The summed E-state index contributed by atoms with van der Waals surface area (Å²) in [6.45, 7) is 2.42. The lowest BCUT2D eigenvalue weighted by atomic mass is 10.00. The molecule has 0 aliphatic carbocycles. The molecule has 0 saturated carbocycles. The topological polar surface area (TPSA) is 100 Å². The Morgan fingerprint density at radius 3 is 2.19 bits per heavy atom. The standard InChI is InChI=1S/C19H16N4O3/c1-2-24-15-11-12(7-8-21-15)16-17(13-5-3-9-25-13)22-19(20)23-18(16)14-6-4-10-26-14/h3-11H,2H2,1H3,(H2,20,22,23). The van der Waals surface area contributed by atoms with Crippen LogP contribution in [0.4, 0.5) is 5.95 Å². The van der Waals surface area contributed by atoms with Gasteiger partial charge in [-0.1, -0.05) is 0 Å². The Balaban J connectivity index is 2.01. The van der Waals surface area contributed by atoms with Crippen LogP contribution in [0.5, 0.6) is 5.88 Å². The lowest BCUT2D eigenvalue weighted by Crippen LogP contribution is -2.02. The predicted molar refractivity (Wildman–Crippen MR) is 96.2 cm³/mol. The van der Waals surface area contributed by atoms with Crippen LogP contribution in [0.3, 0.4) is 0 Å². The second kappa shape index (κ2) is 6.72. The highest BCUT2D eigenvalue weighted by molar-refractivity contribution is 5.89. The van der Waals surface area contributed by atoms with Crippen molar-refractivity contribution in [3.8, 4) is 39.9 Å². The number of hydrogen-bond donors (Lipinski definition) is 1. The van der Waals surface area contributed by atoms with Crippen molar-refractivity contribution in [2.24, 2.45) is 0 Å². The van der Waals surface area contributed by atoms with E-state index in [0.29, 0.717) is 35.4 Å². The molecule has 0 aromatic carbocycles. The highest BCUT2D eigenvalue weighted by atomic mass is 16.5. The van der Waals surface area contributed by atoms with Gasteiger partial charge in [-0.15, -0.1) is 0 Å². The third kappa shape index (κ3) is 2.90. The summed E-state index contributed by atoms with van der Waals surface area (Å²) in [5.41, 5.74) is 8.65. The second-order valence-electron chi connectivity index (χ2n) is 5.42. The zero-order chi connectivity index (χ0) is 17.9. The average molecular weight is 348 g/mol. The summed E-state index contributed by atoms with van der Waals surface area (Å²) in [6, 6.07) is 10.9. The number of nitrogens with zero attached hydrogens (tertiary/aromatic N) is 3. The lowest BCUT2D eigenvalue weighted by Gasteiger charge is -2.13. The molecule has 0 atom stereocenters. The quantitative estimate of drug-likeness (QED) is 0.581. The Bertz CT molecular complexity index is 956. The van der Waals surface area contributed by atoms with E-state index in [9.17, 15) is 0 Å². The number of pyridine rings is 1. The van der Waals surface area contributed by atoms with Crippen molar-refractivity contribution in [2.45, 2.75) is 6.92 Å². The number of ether oxygens (including phenoxy) is 1. The number of nitrogen functional groups attached to an aromatic ring is 1. The van der Waals surface area contributed by atoms with Gasteiger partial charge in [-0.25, -0.2) is 15.0 Å². The average Bonchev–Trinajstić information content (AvgIpc) is 3.35.